The number of hydrogen-bond acceptors (Lipinski definition) is 4. The highest BCUT2D eigenvalue weighted by molar-refractivity contribution is 5.78. The lowest BCUT2D eigenvalue weighted by Gasteiger charge is -2.31. The number of carbonyl (C=O) groups is 2. The molecule has 4 saturated carbocycles. The van der Waals surface area contributed by atoms with Gasteiger partial charge in [-0.05, 0) is 55.8 Å². The lowest BCUT2D eigenvalue weighted by atomic mass is 9.82. The molecule has 8 heteroatoms. The second-order valence-corrected chi connectivity index (χ2v) is 14.2. The third-order valence-electron chi connectivity index (χ3n) is 8.53. The van der Waals surface area contributed by atoms with Crippen LogP contribution in [0.5, 0.6) is 0 Å². The van der Waals surface area contributed by atoms with Gasteiger partial charge in [0.2, 0.25) is 12.3 Å². The van der Waals surface area contributed by atoms with Crippen LogP contribution in [0.3, 0.4) is 0 Å². The summed E-state index contributed by atoms with van der Waals surface area (Å²) in [4.78, 5) is 22.0. The van der Waals surface area contributed by atoms with E-state index in [1.165, 1.54) is 44.9 Å². The fraction of sp³-hybridized carbons (Fsp3) is 0.941. The average Bonchev–Trinajstić information content (AvgIpc) is 3.22. The van der Waals surface area contributed by atoms with Gasteiger partial charge in [-0.25, -0.2) is 13.8 Å². The van der Waals surface area contributed by atoms with Crippen LogP contribution in [0.25, 0.3) is 0 Å². The van der Waals surface area contributed by atoms with E-state index in [0.29, 0.717) is 25.2 Å². The first kappa shape index (κ1) is 38.7. The maximum Gasteiger partial charge on any atom is 0.254 e. The Morgan fingerprint density at radius 2 is 1.33 bits per heavy atom. The van der Waals surface area contributed by atoms with Gasteiger partial charge in [0.1, 0.15) is 0 Å². The van der Waals surface area contributed by atoms with Crippen LogP contribution in [0.1, 0.15) is 126 Å². The number of halogens is 2. The van der Waals surface area contributed by atoms with E-state index in [9.17, 15) is 18.4 Å². The molecule has 0 aromatic carbocycles. The highest BCUT2D eigenvalue weighted by Crippen LogP contribution is 2.63. The van der Waals surface area contributed by atoms with E-state index in [4.69, 9.17) is 4.74 Å². The lowest BCUT2D eigenvalue weighted by molar-refractivity contribution is -0.133. The zero-order chi connectivity index (χ0) is 31.7. The Bertz CT molecular complexity index is 708. The fourth-order valence-electron chi connectivity index (χ4n) is 6.38. The summed E-state index contributed by atoms with van der Waals surface area (Å²) in [5.74, 6) is 0.702. The maximum absolute atomic E-state index is 12.5. The first-order valence-electron chi connectivity index (χ1n) is 17.1. The topological polar surface area (TPSA) is 70.7 Å². The van der Waals surface area contributed by atoms with Crippen molar-refractivity contribution >= 4 is 12.3 Å². The van der Waals surface area contributed by atoms with Gasteiger partial charge in [-0.15, -0.1) is 0 Å². The minimum Gasteiger partial charge on any atom is -0.379 e. The molecule has 0 bridgehead atoms. The number of carbonyl (C=O) groups excluding carboxylic acids is 2. The Hall–Kier alpha value is -1.28. The molecule has 5 aliphatic rings. The molecule has 1 saturated heterocycles. The first-order chi connectivity index (χ1) is 19.8. The molecule has 6 atom stereocenters. The van der Waals surface area contributed by atoms with Crippen molar-refractivity contribution in [1.29, 1.82) is 0 Å². The number of alkyl halides is 2. The highest BCUT2D eigenvalue weighted by Gasteiger charge is 2.71. The first-order valence-corrected chi connectivity index (χ1v) is 17.1. The fourth-order valence-corrected chi connectivity index (χ4v) is 6.38. The van der Waals surface area contributed by atoms with Gasteiger partial charge >= 0.3 is 0 Å². The molecule has 6 unspecified atom stereocenters. The molecule has 0 aromatic heterocycles. The predicted molar refractivity (Wildman–Crippen MR) is 169 cm³/mol. The van der Waals surface area contributed by atoms with Gasteiger partial charge in [-0.3, -0.25) is 15.0 Å². The molecule has 0 radical (unpaired) electrons. The van der Waals surface area contributed by atoms with Crippen molar-refractivity contribution in [3.63, 3.8) is 0 Å². The average molecular weight is 602 g/mol. The summed E-state index contributed by atoms with van der Waals surface area (Å²) >= 11 is 0. The van der Waals surface area contributed by atoms with E-state index in [2.05, 4.69) is 66.1 Å². The van der Waals surface area contributed by atoms with Gasteiger partial charge < -0.3 is 10.1 Å². The quantitative estimate of drug-likeness (QED) is 0.322. The Morgan fingerprint density at radius 3 is 1.74 bits per heavy atom. The minimum absolute atomic E-state index is 0.00197. The highest BCUT2D eigenvalue weighted by atomic mass is 19.3. The minimum atomic E-state index is -2.42. The van der Waals surface area contributed by atoms with Crippen molar-refractivity contribution in [1.82, 2.24) is 15.8 Å². The molecule has 2 N–H and O–H groups in total. The summed E-state index contributed by atoms with van der Waals surface area (Å²) in [7, 11) is 0. The normalized spacial score (nSPS) is 32.9. The Morgan fingerprint density at radius 1 is 0.881 bits per heavy atom. The van der Waals surface area contributed by atoms with Gasteiger partial charge in [0.15, 0.2) is 0 Å². The van der Waals surface area contributed by atoms with Crippen molar-refractivity contribution < 1.29 is 23.1 Å². The third-order valence-corrected chi connectivity index (χ3v) is 8.53. The maximum atomic E-state index is 12.5. The van der Waals surface area contributed by atoms with Crippen LogP contribution in [0.15, 0.2) is 0 Å². The molecule has 5 rings (SSSR count). The van der Waals surface area contributed by atoms with Crippen LogP contribution >= 0.6 is 0 Å². The summed E-state index contributed by atoms with van der Waals surface area (Å²) < 4.78 is 30.3. The van der Waals surface area contributed by atoms with Crippen molar-refractivity contribution in [2.75, 3.05) is 26.3 Å². The molecule has 6 nitrogen and oxygen atoms in total. The number of amides is 2. The number of fused-ring (bicyclic) bond motifs is 1. The van der Waals surface area contributed by atoms with Crippen LogP contribution in [0.2, 0.25) is 0 Å². The Kier molecular flexibility index (Phi) is 19.0. The van der Waals surface area contributed by atoms with Crippen LogP contribution in [-0.4, -0.2) is 55.6 Å². The van der Waals surface area contributed by atoms with Gasteiger partial charge in [-0.1, -0.05) is 93.9 Å². The van der Waals surface area contributed by atoms with Crippen LogP contribution < -0.4 is 10.7 Å². The molecular formula is C34H65F2N3O3. The number of hydrazine groups is 1. The standard InChI is InChI=1S/C12H22N2O2.C8H16.C7H9F2NO.C4H10.C3H8/c1-10-3-2-4-11(9-10)12(15)13-14-5-7-16-8-6-14;1-7-4-3-5-8(2)6-7;8-7(9)5-1-4(10-3-11)2-6(5)7;1-4(2)3;1-3-2/h10-11H,2-9H2,1H3,(H,13,15);7-8H,3-6H2,1-2H3;3-6H,1-2H2,(H,10,11);4H,1-3H3;3H2,1-2H3. The van der Waals surface area contributed by atoms with Gasteiger partial charge in [-0.2, -0.15) is 0 Å². The second kappa shape index (κ2) is 20.6. The largest absolute Gasteiger partial charge is 0.379 e. The molecule has 2 amide bonds. The summed E-state index contributed by atoms with van der Waals surface area (Å²) in [6, 6.07) is 0.00197. The van der Waals surface area contributed by atoms with Crippen LogP contribution in [0, 0.1) is 41.4 Å². The van der Waals surface area contributed by atoms with E-state index in [1.807, 2.05) is 5.01 Å². The molecule has 4 aliphatic carbocycles. The third kappa shape index (κ3) is 15.4. The number of nitrogens with one attached hydrogen (secondary N) is 2. The Balaban J connectivity index is 0.000000295. The van der Waals surface area contributed by atoms with E-state index in [0.717, 1.165) is 56.9 Å². The summed E-state index contributed by atoms with van der Waals surface area (Å²) in [6.45, 7) is 20.8. The molecule has 5 fully saturated rings. The summed E-state index contributed by atoms with van der Waals surface area (Å²) in [5.41, 5.74) is 3.02. The van der Waals surface area contributed by atoms with Crippen molar-refractivity contribution in [3.8, 4) is 0 Å². The molecule has 0 aromatic rings. The molecule has 1 aliphatic heterocycles. The monoisotopic (exact) mass is 601 g/mol. The van der Waals surface area contributed by atoms with E-state index >= 15 is 0 Å². The molecule has 1 heterocycles. The van der Waals surface area contributed by atoms with Gasteiger partial charge in [0.25, 0.3) is 5.92 Å². The number of rotatable bonds is 4. The van der Waals surface area contributed by atoms with E-state index in [-0.39, 0.29) is 17.9 Å². The smallest absolute Gasteiger partial charge is 0.254 e. The summed E-state index contributed by atoms with van der Waals surface area (Å²) in [6.07, 6.45) is 13.2. The number of hydrogen-bond donors (Lipinski definition) is 2. The second-order valence-electron chi connectivity index (χ2n) is 14.2. The van der Waals surface area contributed by atoms with Crippen molar-refractivity contribution in [2.45, 2.75) is 138 Å². The van der Waals surface area contributed by atoms with Gasteiger partial charge in [0, 0.05) is 36.9 Å². The van der Waals surface area contributed by atoms with Crippen molar-refractivity contribution in [2.24, 2.45) is 41.4 Å². The molecule has 248 valence electrons. The van der Waals surface area contributed by atoms with E-state index < -0.39 is 17.8 Å². The zero-order valence-corrected chi connectivity index (χ0v) is 28.2. The molecule has 42 heavy (non-hydrogen) atoms. The van der Waals surface area contributed by atoms with Gasteiger partial charge in [0.05, 0.1) is 13.2 Å². The zero-order valence-electron chi connectivity index (χ0n) is 28.2. The van der Waals surface area contributed by atoms with Crippen LogP contribution in [-0.2, 0) is 14.3 Å². The number of ether oxygens (including phenoxy) is 1. The Labute approximate surface area is 256 Å². The van der Waals surface area contributed by atoms with E-state index in [1.54, 1.807) is 0 Å². The van der Waals surface area contributed by atoms with Crippen LogP contribution in [0.4, 0.5) is 8.78 Å². The lowest BCUT2D eigenvalue weighted by Crippen LogP contribution is -2.50. The summed E-state index contributed by atoms with van der Waals surface area (Å²) in [5, 5.41) is 4.52. The SMILES string of the molecule is CC(C)C.CC1CCCC(C(=O)NN2CCOCC2)C1.CC1CCCC(C)C1.CCC.O=CNC1CC2C(C1)C2(F)F. The number of nitrogens with zero attached hydrogens (tertiary/aromatic N) is 1. The number of morpholine rings is 1. The molecule has 0 spiro atoms. The predicted octanol–water partition coefficient (Wildman–Crippen LogP) is 7.86. The van der Waals surface area contributed by atoms with Crippen molar-refractivity contribution in [3.05, 3.63) is 0 Å². The molecular weight excluding hydrogens is 536 g/mol.